The lowest BCUT2D eigenvalue weighted by atomic mass is 9.91. The number of alkyl halides is 3. The topological polar surface area (TPSA) is 113 Å². The van der Waals surface area contributed by atoms with Gasteiger partial charge in [0.15, 0.2) is 0 Å². The van der Waals surface area contributed by atoms with Gasteiger partial charge in [-0.1, -0.05) is 60.7 Å². The Morgan fingerprint density at radius 1 is 0.941 bits per heavy atom. The number of aromatic amines is 1. The number of fused-ring (bicyclic) bond motifs is 1. The van der Waals surface area contributed by atoms with E-state index < -0.39 is 46.2 Å². The highest BCUT2D eigenvalue weighted by molar-refractivity contribution is 6.07. The van der Waals surface area contributed by atoms with Crippen molar-refractivity contribution >= 4 is 17.6 Å². The van der Waals surface area contributed by atoms with Crippen LogP contribution in [0.4, 0.5) is 19.0 Å². The maximum absolute atomic E-state index is 14.4. The molecule has 0 fully saturated rings. The van der Waals surface area contributed by atoms with E-state index in [9.17, 15) is 32.3 Å². The zero-order valence-electron chi connectivity index (χ0n) is 17.6. The third-order valence-electron chi connectivity index (χ3n) is 5.57. The first kappa shape index (κ1) is 23.0. The van der Waals surface area contributed by atoms with Gasteiger partial charge in [-0.25, -0.2) is 4.79 Å². The average molecular weight is 472 g/mol. The quantitative estimate of drug-likeness (QED) is 0.510. The van der Waals surface area contributed by atoms with E-state index >= 15 is 0 Å². The molecule has 1 aromatic heterocycles. The molecule has 2 aromatic carbocycles. The van der Waals surface area contributed by atoms with Gasteiger partial charge in [0.05, 0.1) is 6.54 Å². The minimum Gasteiger partial charge on any atom is -0.330 e. The van der Waals surface area contributed by atoms with Crippen LogP contribution in [0, 0.1) is 0 Å². The summed E-state index contributed by atoms with van der Waals surface area (Å²) in [6.07, 6.45) is -5.60. The Kier molecular flexibility index (Phi) is 5.86. The highest BCUT2D eigenvalue weighted by Gasteiger charge is 2.68. The van der Waals surface area contributed by atoms with Crippen LogP contribution in [0.2, 0.25) is 0 Å². The van der Waals surface area contributed by atoms with Crippen molar-refractivity contribution < 1.29 is 22.8 Å². The zero-order chi connectivity index (χ0) is 24.5. The molecule has 1 atom stereocenters. The van der Waals surface area contributed by atoms with Crippen molar-refractivity contribution in [1.29, 1.82) is 0 Å². The van der Waals surface area contributed by atoms with Crippen molar-refractivity contribution in [2.24, 2.45) is 0 Å². The number of carbonyl (C=O) groups excluding carboxylic acids is 2. The van der Waals surface area contributed by atoms with Gasteiger partial charge in [0.25, 0.3) is 11.5 Å². The minimum atomic E-state index is -5.37. The van der Waals surface area contributed by atoms with Crippen LogP contribution < -0.4 is 21.9 Å². The summed E-state index contributed by atoms with van der Waals surface area (Å²) in [5.74, 6) is -3.35. The molecule has 2 amide bonds. The van der Waals surface area contributed by atoms with Gasteiger partial charge >= 0.3 is 11.9 Å². The smallest absolute Gasteiger partial charge is 0.330 e. The predicted octanol–water partition coefficient (Wildman–Crippen LogP) is 2.04. The Balaban J connectivity index is 1.76. The van der Waals surface area contributed by atoms with Gasteiger partial charge in [0.1, 0.15) is 11.4 Å². The van der Waals surface area contributed by atoms with Crippen molar-refractivity contribution in [3.05, 3.63) is 98.2 Å². The van der Waals surface area contributed by atoms with Gasteiger partial charge in [0, 0.05) is 6.42 Å². The summed E-state index contributed by atoms with van der Waals surface area (Å²) in [6.45, 7) is -0.213. The number of benzene rings is 2. The number of halogens is 3. The van der Waals surface area contributed by atoms with Crippen LogP contribution in [0.15, 0.2) is 70.3 Å². The summed E-state index contributed by atoms with van der Waals surface area (Å²) in [5.41, 5.74) is -5.87. The normalized spacial score (nSPS) is 17.2. The number of carbonyl (C=O) groups is 2. The second-order valence-corrected chi connectivity index (χ2v) is 7.79. The lowest BCUT2D eigenvalue weighted by molar-refractivity contribution is -0.200. The third kappa shape index (κ3) is 4.00. The molecule has 1 aliphatic rings. The van der Waals surface area contributed by atoms with E-state index in [0.29, 0.717) is 11.1 Å². The lowest BCUT2D eigenvalue weighted by Crippen LogP contribution is -2.62. The molecule has 3 N–H and O–H groups in total. The monoisotopic (exact) mass is 472 g/mol. The SMILES string of the molecule is O=C(CCc1ccccc1)N[C@]1(C(F)(F)F)C(=O)Nc2c1c(=O)[nH]c(=O)n2Cc1ccccc1. The molecule has 0 unspecified atom stereocenters. The Morgan fingerprint density at radius 2 is 1.53 bits per heavy atom. The fourth-order valence-electron chi connectivity index (χ4n) is 3.92. The van der Waals surface area contributed by atoms with E-state index in [1.54, 1.807) is 66.0 Å². The van der Waals surface area contributed by atoms with Crippen LogP contribution in [0.5, 0.6) is 0 Å². The maximum atomic E-state index is 14.4. The van der Waals surface area contributed by atoms with Crippen LogP contribution in [0.25, 0.3) is 0 Å². The number of hydrogen-bond donors (Lipinski definition) is 3. The molecule has 8 nitrogen and oxygen atoms in total. The van der Waals surface area contributed by atoms with Crippen molar-refractivity contribution in [2.75, 3.05) is 5.32 Å². The number of rotatable bonds is 6. The molecule has 176 valence electrons. The molecule has 3 aromatic rings. The Hall–Kier alpha value is -4.15. The molecule has 0 saturated carbocycles. The van der Waals surface area contributed by atoms with E-state index in [-0.39, 0.29) is 19.4 Å². The van der Waals surface area contributed by atoms with Gasteiger partial charge in [-0.05, 0) is 17.5 Å². The second kappa shape index (κ2) is 8.65. The molecule has 0 radical (unpaired) electrons. The number of hydrogen-bond acceptors (Lipinski definition) is 4. The Morgan fingerprint density at radius 3 is 2.12 bits per heavy atom. The van der Waals surface area contributed by atoms with Crippen molar-refractivity contribution in [1.82, 2.24) is 14.9 Å². The second-order valence-electron chi connectivity index (χ2n) is 7.79. The molecule has 0 saturated heterocycles. The lowest BCUT2D eigenvalue weighted by Gasteiger charge is -2.30. The fourth-order valence-corrected chi connectivity index (χ4v) is 3.92. The van der Waals surface area contributed by atoms with E-state index in [4.69, 9.17) is 0 Å². The van der Waals surface area contributed by atoms with E-state index in [0.717, 1.165) is 4.57 Å². The summed E-state index contributed by atoms with van der Waals surface area (Å²) in [5, 5.41) is 3.76. The zero-order valence-corrected chi connectivity index (χ0v) is 17.6. The number of nitrogens with zero attached hydrogens (tertiary/aromatic N) is 1. The van der Waals surface area contributed by atoms with E-state index in [1.165, 1.54) is 0 Å². The van der Waals surface area contributed by atoms with E-state index in [2.05, 4.69) is 0 Å². The van der Waals surface area contributed by atoms with Gasteiger partial charge in [-0.15, -0.1) is 0 Å². The summed E-state index contributed by atoms with van der Waals surface area (Å²) in [4.78, 5) is 52.2. The Labute approximate surface area is 190 Å². The number of H-pyrrole nitrogens is 1. The highest BCUT2D eigenvalue weighted by Crippen LogP contribution is 2.45. The standard InChI is InChI=1S/C23H19F3N4O4/c24-23(25,26)22(29-16(31)12-11-14-7-3-1-4-8-14)17-18(27-20(22)33)30(21(34)28-19(17)32)13-15-9-5-2-6-10-15/h1-10H,11-13H2,(H,27,33)(H,29,31)(H,28,32,34)/t22-/m0/s1. The van der Waals surface area contributed by atoms with Crippen molar-refractivity contribution in [3.63, 3.8) is 0 Å². The van der Waals surface area contributed by atoms with Crippen LogP contribution >= 0.6 is 0 Å². The summed E-state index contributed by atoms with van der Waals surface area (Å²) < 4.78 is 44.0. The molecule has 34 heavy (non-hydrogen) atoms. The molecule has 2 heterocycles. The molecule has 11 heteroatoms. The van der Waals surface area contributed by atoms with Crippen LogP contribution in [-0.2, 0) is 28.1 Å². The highest BCUT2D eigenvalue weighted by atomic mass is 19.4. The van der Waals surface area contributed by atoms with Crippen LogP contribution in [-0.4, -0.2) is 27.5 Å². The molecule has 0 spiro atoms. The summed E-state index contributed by atoms with van der Waals surface area (Å²) in [7, 11) is 0. The summed E-state index contributed by atoms with van der Waals surface area (Å²) in [6, 6.07) is 16.9. The van der Waals surface area contributed by atoms with Crippen molar-refractivity contribution in [2.45, 2.75) is 31.1 Å². The van der Waals surface area contributed by atoms with Gasteiger partial charge in [-0.2, -0.15) is 13.2 Å². The number of amides is 2. The molecule has 1 aliphatic heterocycles. The number of nitrogens with one attached hydrogen (secondary N) is 3. The Bertz CT molecular complexity index is 1350. The molecular formula is C23H19F3N4O4. The first-order chi connectivity index (χ1) is 16.1. The van der Waals surface area contributed by atoms with E-state index in [1.807, 2.05) is 10.3 Å². The number of aromatic nitrogens is 2. The third-order valence-corrected chi connectivity index (χ3v) is 5.57. The first-order valence-electron chi connectivity index (χ1n) is 10.3. The molecule has 0 bridgehead atoms. The maximum Gasteiger partial charge on any atom is 0.425 e. The van der Waals surface area contributed by atoms with Crippen LogP contribution in [0.3, 0.4) is 0 Å². The van der Waals surface area contributed by atoms with Gasteiger partial charge in [0.2, 0.25) is 11.4 Å². The number of aryl methyl sites for hydroxylation is 1. The molecule has 4 rings (SSSR count). The van der Waals surface area contributed by atoms with Crippen molar-refractivity contribution in [3.8, 4) is 0 Å². The summed E-state index contributed by atoms with van der Waals surface area (Å²) >= 11 is 0. The molecular weight excluding hydrogens is 453 g/mol. The predicted molar refractivity (Wildman–Crippen MR) is 116 cm³/mol. The first-order valence-corrected chi connectivity index (χ1v) is 10.3. The molecule has 0 aliphatic carbocycles. The van der Waals surface area contributed by atoms with Crippen LogP contribution in [0.1, 0.15) is 23.1 Å². The van der Waals surface area contributed by atoms with Gasteiger partial charge < -0.3 is 10.6 Å². The average Bonchev–Trinajstić information content (AvgIpc) is 3.10. The fraction of sp³-hybridized carbons (Fsp3) is 0.217. The minimum absolute atomic E-state index is 0.124. The number of anilines is 1. The largest absolute Gasteiger partial charge is 0.425 e. The van der Waals surface area contributed by atoms with Gasteiger partial charge in [-0.3, -0.25) is 23.9 Å².